The highest BCUT2D eigenvalue weighted by molar-refractivity contribution is 7.20. The number of methoxy groups -OCH3 is 1. The predicted octanol–water partition coefficient (Wildman–Crippen LogP) is 2.56. The van der Waals surface area contributed by atoms with E-state index in [4.69, 9.17) is 16.3 Å². The summed E-state index contributed by atoms with van der Waals surface area (Å²) >= 11 is 7.22. The molecule has 0 saturated carbocycles. The molecule has 6 nitrogen and oxygen atoms in total. The van der Waals surface area contributed by atoms with Gasteiger partial charge in [-0.15, -0.1) is 11.3 Å². The number of hydrogen-bond donors (Lipinski definition) is 2. The number of H-pyrrole nitrogens is 1. The third kappa shape index (κ3) is 3.65. The number of nitrogens with zero attached hydrogens (tertiary/aromatic N) is 1. The first-order valence-corrected chi connectivity index (χ1v) is 9.29. The number of nitrogens with two attached hydrogens (primary N) is 1. The van der Waals surface area contributed by atoms with E-state index in [0.29, 0.717) is 38.0 Å². The number of quaternary nitrogens is 1. The van der Waals surface area contributed by atoms with Gasteiger partial charge in [-0.2, -0.15) is 0 Å². The number of rotatable bonds is 5. The first-order chi connectivity index (χ1) is 12.4. The minimum Gasteiger partial charge on any atom is -0.465 e. The maximum absolute atomic E-state index is 12.4. The smallest absolute Gasteiger partial charge is 0.348 e. The van der Waals surface area contributed by atoms with E-state index in [1.807, 2.05) is 24.3 Å². The maximum Gasteiger partial charge on any atom is 0.348 e. The molecule has 3 N–H and O–H groups in total. The molecule has 0 bridgehead atoms. The summed E-state index contributed by atoms with van der Waals surface area (Å²) in [7, 11) is 1.32. The molecule has 2 heterocycles. The van der Waals surface area contributed by atoms with Gasteiger partial charge in [0, 0.05) is 10.6 Å². The Labute approximate surface area is 159 Å². The summed E-state index contributed by atoms with van der Waals surface area (Å²) in [6.07, 6.45) is 0. The van der Waals surface area contributed by atoms with Gasteiger partial charge in [0.25, 0.3) is 5.56 Å². The zero-order valence-electron chi connectivity index (χ0n) is 14.6. The SMILES string of the molecule is COC(=O)c1sc2nc(C[NH2+][C@H](C)c3cccc(Cl)c3)[nH]c(=O)c2c1C. The van der Waals surface area contributed by atoms with Gasteiger partial charge in [0.2, 0.25) is 0 Å². The largest absolute Gasteiger partial charge is 0.465 e. The number of fused-ring (bicyclic) bond motifs is 1. The molecule has 0 aliphatic rings. The Morgan fingerprint density at radius 1 is 1.46 bits per heavy atom. The summed E-state index contributed by atoms with van der Waals surface area (Å²) in [6.45, 7) is 4.30. The van der Waals surface area contributed by atoms with E-state index < -0.39 is 5.97 Å². The predicted molar refractivity (Wildman–Crippen MR) is 102 cm³/mol. The molecular formula is C18H19ClN3O3S+. The van der Waals surface area contributed by atoms with Crippen LogP contribution in [0.5, 0.6) is 0 Å². The van der Waals surface area contributed by atoms with Crippen LogP contribution in [0.2, 0.25) is 5.02 Å². The number of aryl methyl sites for hydroxylation is 1. The normalized spacial score (nSPS) is 12.3. The minimum atomic E-state index is -0.451. The van der Waals surface area contributed by atoms with Crippen molar-refractivity contribution in [2.75, 3.05) is 7.11 Å². The highest BCUT2D eigenvalue weighted by Crippen LogP contribution is 2.27. The Bertz CT molecular complexity index is 1030. The van der Waals surface area contributed by atoms with Crippen molar-refractivity contribution in [3.63, 3.8) is 0 Å². The van der Waals surface area contributed by atoms with Gasteiger partial charge in [-0.3, -0.25) is 4.79 Å². The van der Waals surface area contributed by atoms with Crippen molar-refractivity contribution in [1.29, 1.82) is 0 Å². The number of ether oxygens (including phenoxy) is 1. The molecule has 0 radical (unpaired) electrons. The van der Waals surface area contributed by atoms with Crippen LogP contribution in [0.25, 0.3) is 10.2 Å². The average molecular weight is 393 g/mol. The Kier molecular flexibility index (Phi) is 5.41. The number of thiophene rings is 1. The molecule has 0 fully saturated rings. The van der Waals surface area contributed by atoms with E-state index in [-0.39, 0.29) is 11.6 Å². The van der Waals surface area contributed by atoms with Crippen molar-refractivity contribution in [1.82, 2.24) is 9.97 Å². The molecule has 1 aromatic carbocycles. The molecule has 1 atom stereocenters. The van der Waals surface area contributed by atoms with Crippen LogP contribution in [0.4, 0.5) is 0 Å². The van der Waals surface area contributed by atoms with Crippen LogP contribution < -0.4 is 10.9 Å². The molecule has 0 aliphatic carbocycles. The van der Waals surface area contributed by atoms with Gasteiger partial charge in [0.15, 0.2) is 5.82 Å². The Morgan fingerprint density at radius 2 is 2.23 bits per heavy atom. The number of benzene rings is 1. The van der Waals surface area contributed by atoms with Crippen LogP contribution in [-0.4, -0.2) is 23.0 Å². The highest BCUT2D eigenvalue weighted by atomic mass is 35.5. The molecule has 0 saturated heterocycles. The van der Waals surface area contributed by atoms with Gasteiger partial charge in [0.05, 0.1) is 12.5 Å². The first-order valence-electron chi connectivity index (χ1n) is 8.10. The number of aromatic nitrogens is 2. The standard InChI is InChI=1S/C18H18ClN3O3S/c1-9-14-16(23)21-13(22-17(14)26-15(9)18(24)25-3)8-20-10(2)11-5-4-6-12(19)7-11/h4-7,10,20H,8H2,1-3H3,(H,21,22,23)/p+1/t10-/m1/s1. The minimum absolute atomic E-state index is 0.158. The van der Waals surface area contributed by atoms with Gasteiger partial charge in [0.1, 0.15) is 22.3 Å². The molecule has 26 heavy (non-hydrogen) atoms. The Hall–Kier alpha value is -2.22. The molecule has 136 valence electrons. The summed E-state index contributed by atoms with van der Waals surface area (Å²) in [4.78, 5) is 32.5. The molecule has 3 aromatic rings. The molecule has 0 unspecified atom stereocenters. The highest BCUT2D eigenvalue weighted by Gasteiger charge is 2.20. The summed E-state index contributed by atoms with van der Waals surface area (Å²) in [6, 6.07) is 7.84. The third-order valence-corrected chi connectivity index (χ3v) is 5.66. The fraction of sp³-hybridized carbons (Fsp3) is 0.278. The van der Waals surface area contributed by atoms with Gasteiger partial charge in [-0.1, -0.05) is 23.7 Å². The van der Waals surface area contributed by atoms with Crippen LogP contribution in [0.3, 0.4) is 0 Å². The van der Waals surface area contributed by atoms with Crippen LogP contribution in [-0.2, 0) is 11.3 Å². The lowest BCUT2D eigenvalue weighted by Crippen LogP contribution is -2.83. The second-order valence-corrected chi connectivity index (χ2v) is 7.46. The van der Waals surface area contributed by atoms with E-state index in [2.05, 4.69) is 22.2 Å². The van der Waals surface area contributed by atoms with E-state index in [1.54, 1.807) is 6.92 Å². The number of esters is 1. The summed E-state index contributed by atoms with van der Waals surface area (Å²) in [5, 5.41) is 3.21. The lowest BCUT2D eigenvalue weighted by Gasteiger charge is -2.11. The summed E-state index contributed by atoms with van der Waals surface area (Å²) in [5.41, 5.74) is 1.46. The number of carbonyl (C=O) groups excluding carboxylic acids is 1. The Morgan fingerprint density at radius 3 is 2.92 bits per heavy atom. The molecular weight excluding hydrogens is 374 g/mol. The second kappa shape index (κ2) is 7.57. The van der Waals surface area contributed by atoms with Crippen molar-refractivity contribution in [3.05, 3.63) is 61.5 Å². The van der Waals surface area contributed by atoms with Gasteiger partial charge in [-0.05, 0) is 31.5 Å². The summed E-state index contributed by atoms with van der Waals surface area (Å²) in [5.74, 6) is 0.113. The number of carbonyl (C=O) groups is 1. The van der Waals surface area contributed by atoms with Gasteiger partial charge < -0.3 is 15.0 Å². The third-order valence-electron chi connectivity index (χ3n) is 4.26. The average Bonchev–Trinajstić information content (AvgIpc) is 2.96. The van der Waals surface area contributed by atoms with Crippen LogP contribution in [0.1, 0.15) is 39.6 Å². The van der Waals surface area contributed by atoms with Crippen molar-refractivity contribution in [2.24, 2.45) is 0 Å². The maximum atomic E-state index is 12.4. The molecule has 3 rings (SSSR count). The number of nitrogens with one attached hydrogen (secondary N) is 1. The monoisotopic (exact) mass is 392 g/mol. The van der Waals surface area contributed by atoms with Crippen molar-refractivity contribution >= 4 is 39.1 Å². The van der Waals surface area contributed by atoms with Crippen LogP contribution >= 0.6 is 22.9 Å². The van der Waals surface area contributed by atoms with Crippen LogP contribution in [0, 0.1) is 6.92 Å². The van der Waals surface area contributed by atoms with Crippen molar-refractivity contribution in [3.8, 4) is 0 Å². The molecule has 2 aromatic heterocycles. The van der Waals surface area contributed by atoms with E-state index in [1.165, 1.54) is 18.4 Å². The van der Waals surface area contributed by atoms with E-state index in [9.17, 15) is 9.59 Å². The molecule has 8 heteroatoms. The zero-order valence-corrected chi connectivity index (χ0v) is 16.2. The Balaban J connectivity index is 1.85. The molecule has 0 amide bonds. The summed E-state index contributed by atoms with van der Waals surface area (Å²) < 4.78 is 4.77. The quantitative estimate of drug-likeness (QED) is 0.653. The number of aromatic amines is 1. The van der Waals surface area contributed by atoms with Crippen molar-refractivity contribution in [2.45, 2.75) is 26.4 Å². The number of halogens is 1. The lowest BCUT2D eigenvalue weighted by molar-refractivity contribution is -0.708. The van der Waals surface area contributed by atoms with Gasteiger partial charge >= 0.3 is 5.97 Å². The van der Waals surface area contributed by atoms with E-state index in [0.717, 1.165) is 5.56 Å². The lowest BCUT2D eigenvalue weighted by atomic mass is 10.1. The molecule has 0 spiro atoms. The fourth-order valence-electron chi connectivity index (χ4n) is 2.79. The molecule has 0 aliphatic heterocycles. The zero-order chi connectivity index (χ0) is 18.8. The second-order valence-electron chi connectivity index (χ2n) is 6.02. The van der Waals surface area contributed by atoms with E-state index >= 15 is 0 Å². The number of hydrogen-bond acceptors (Lipinski definition) is 5. The topological polar surface area (TPSA) is 88.7 Å². The fourth-order valence-corrected chi connectivity index (χ4v) is 4.10. The first kappa shape index (κ1) is 18.6. The van der Waals surface area contributed by atoms with Crippen LogP contribution in [0.15, 0.2) is 29.1 Å². The van der Waals surface area contributed by atoms with Gasteiger partial charge in [-0.25, -0.2) is 9.78 Å². The van der Waals surface area contributed by atoms with Crippen molar-refractivity contribution < 1.29 is 14.8 Å².